The lowest BCUT2D eigenvalue weighted by Gasteiger charge is -2.19. The molecular weight excluding hydrogens is 220 g/mol. The Morgan fingerprint density at radius 3 is 1.40 bits per heavy atom. The van der Waals surface area contributed by atoms with Gasteiger partial charge in [0.25, 0.3) is 10.2 Å². The first kappa shape index (κ1) is 13.9. The van der Waals surface area contributed by atoms with E-state index < -0.39 is 21.8 Å². The first-order valence-corrected chi connectivity index (χ1v) is 4.37. The van der Waals surface area contributed by atoms with Crippen molar-refractivity contribution in [2.24, 2.45) is 32.9 Å². The van der Waals surface area contributed by atoms with Gasteiger partial charge in [-0.3, -0.25) is 42.5 Å². The van der Waals surface area contributed by atoms with E-state index >= 15 is 0 Å². The predicted octanol–water partition coefficient (Wildman–Crippen LogP) is -2.68. The normalized spacial score (nSPS) is 12.0. The monoisotopic (exact) mass is 232 g/mol. The second-order valence-corrected chi connectivity index (χ2v) is 3.59. The fourth-order valence-electron chi connectivity index (χ4n) is 0.377. The van der Waals surface area contributed by atoms with Gasteiger partial charge in [0, 0.05) is 0 Å². The molecule has 0 aliphatic heterocycles. The highest BCUT2D eigenvalue weighted by Crippen LogP contribution is 2.15. The quantitative estimate of drug-likeness (QED) is 0.303. The molecule has 8 nitrogen and oxygen atoms in total. The molecule has 0 fully saturated rings. The van der Waals surface area contributed by atoms with E-state index in [0.717, 1.165) is 0 Å². The number of nitrogens with two attached hydrogens (primary N) is 4. The van der Waals surface area contributed by atoms with Crippen LogP contribution in [0, 0.1) is 0 Å². The number of hydrogen-bond donors (Lipinski definition) is 4. The van der Waals surface area contributed by atoms with E-state index in [9.17, 15) is 9.59 Å². The Hall–Kier alpha value is -1.13. The van der Waals surface area contributed by atoms with Gasteiger partial charge in [0.1, 0.15) is 0 Å². The van der Waals surface area contributed by atoms with Crippen LogP contribution in [0.1, 0.15) is 0 Å². The summed E-state index contributed by atoms with van der Waals surface area (Å²) in [7, 11) is 0. The van der Waals surface area contributed by atoms with E-state index in [1.165, 1.54) is 0 Å². The molecule has 0 spiro atoms. The molecule has 0 radical (unpaired) electrons. The standard InChI is InChI=1S/C6H12N6O2S/c1-11-5(7,8)3(13)15-4(14)6(9,10)12-2/h1-2,7-10H2. The molecule has 0 bridgehead atoms. The van der Waals surface area contributed by atoms with Crippen molar-refractivity contribution in [1.29, 1.82) is 0 Å². The predicted molar refractivity (Wildman–Crippen MR) is 58.9 cm³/mol. The molecule has 0 saturated carbocycles. The van der Waals surface area contributed by atoms with Gasteiger partial charge < -0.3 is 0 Å². The molecule has 0 amide bonds. The van der Waals surface area contributed by atoms with Crippen LogP contribution in [0.25, 0.3) is 0 Å². The van der Waals surface area contributed by atoms with Crippen molar-refractivity contribution in [3.63, 3.8) is 0 Å². The summed E-state index contributed by atoms with van der Waals surface area (Å²) in [6, 6.07) is 0. The molecule has 0 aliphatic rings. The highest BCUT2D eigenvalue weighted by Gasteiger charge is 2.36. The van der Waals surface area contributed by atoms with Crippen molar-refractivity contribution >= 4 is 35.4 Å². The molecule has 0 heterocycles. The third-order valence-corrected chi connectivity index (χ3v) is 2.39. The van der Waals surface area contributed by atoms with Crippen molar-refractivity contribution < 1.29 is 9.59 Å². The number of aliphatic imine (C=N–C) groups is 2. The highest BCUT2D eigenvalue weighted by molar-refractivity contribution is 8.26. The Morgan fingerprint density at radius 2 is 1.20 bits per heavy atom. The average molecular weight is 232 g/mol. The van der Waals surface area contributed by atoms with Crippen LogP contribution in [0.5, 0.6) is 0 Å². The molecule has 0 aliphatic carbocycles. The lowest BCUT2D eigenvalue weighted by atomic mass is 10.4. The van der Waals surface area contributed by atoms with Gasteiger partial charge in [-0.1, -0.05) is 0 Å². The van der Waals surface area contributed by atoms with E-state index in [1.807, 2.05) is 0 Å². The molecule has 0 rings (SSSR count). The van der Waals surface area contributed by atoms with Crippen LogP contribution >= 0.6 is 11.8 Å². The second kappa shape index (κ2) is 4.59. The molecule has 0 aromatic rings. The van der Waals surface area contributed by atoms with Crippen LogP contribution in [-0.2, 0) is 9.59 Å². The molecule has 0 atom stereocenters. The summed E-state index contributed by atoms with van der Waals surface area (Å²) in [4.78, 5) is 28.8. The van der Waals surface area contributed by atoms with Crippen LogP contribution in [0.2, 0.25) is 0 Å². The Bertz CT molecular complexity index is 283. The summed E-state index contributed by atoms with van der Waals surface area (Å²) >= 11 is 0.117. The van der Waals surface area contributed by atoms with E-state index in [1.54, 1.807) is 0 Å². The Balaban J connectivity index is 4.65. The lowest BCUT2D eigenvalue weighted by Crippen LogP contribution is -2.57. The van der Waals surface area contributed by atoms with Crippen molar-refractivity contribution in [3.05, 3.63) is 0 Å². The van der Waals surface area contributed by atoms with E-state index in [2.05, 4.69) is 23.4 Å². The van der Waals surface area contributed by atoms with E-state index in [-0.39, 0.29) is 11.8 Å². The molecule has 0 unspecified atom stereocenters. The number of rotatable bonds is 4. The smallest absolute Gasteiger partial charge is 0.253 e. The largest absolute Gasteiger partial charge is 0.288 e. The molecule has 0 aromatic heterocycles. The topological polar surface area (TPSA) is 163 Å². The highest BCUT2D eigenvalue weighted by atomic mass is 32.2. The summed E-state index contributed by atoms with van der Waals surface area (Å²) in [5.74, 6) is -4.12. The summed E-state index contributed by atoms with van der Waals surface area (Å²) < 4.78 is 0. The third kappa shape index (κ3) is 3.49. The maximum absolute atomic E-state index is 11.3. The number of carbonyl (C=O) groups excluding carboxylic acids is 2. The Labute approximate surface area is 90.2 Å². The van der Waals surface area contributed by atoms with Crippen LogP contribution in [-0.4, -0.2) is 35.2 Å². The zero-order valence-corrected chi connectivity index (χ0v) is 8.66. The first-order valence-electron chi connectivity index (χ1n) is 3.55. The molecule has 15 heavy (non-hydrogen) atoms. The first-order chi connectivity index (χ1) is 6.67. The van der Waals surface area contributed by atoms with Gasteiger partial charge >= 0.3 is 0 Å². The number of hydrogen-bond acceptors (Lipinski definition) is 9. The van der Waals surface area contributed by atoms with Crippen molar-refractivity contribution in [2.45, 2.75) is 11.6 Å². The van der Waals surface area contributed by atoms with Gasteiger partial charge in [0.15, 0.2) is 0 Å². The maximum Gasteiger partial charge on any atom is 0.253 e. The number of nitrogens with zero attached hydrogens (tertiary/aromatic N) is 2. The fraction of sp³-hybridized carbons (Fsp3) is 0.333. The number of carbonyl (C=O) groups is 2. The Morgan fingerprint density at radius 1 is 0.933 bits per heavy atom. The van der Waals surface area contributed by atoms with Crippen LogP contribution < -0.4 is 22.9 Å². The van der Waals surface area contributed by atoms with Gasteiger partial charge in [-0.2, -0.15) is 0 Å². The molecular formula is C6H12N6O2S. The van der Waals surface area contributed by atoms with Crippen LogP contribution in [0.15, 0.2) is 9.98 Å². The Kier molecular flexibility index (Phi) is 4.25. The van der Waals surface area contributed by atoms with E-state index in [4.69, 9.17) is 22.9 Å². The summed E-state index contributed by atoms with van der Waals surface area (Å²) in [5.41, 5.74) is 20.8. The maximum atomic E-state index is 11.3. The summed E-state index contributed by atoms with van der Waals surface area (Å²) in [5, 5.41) is -1.88. The zero-order valence-electron chi connectivity index (χ0n) is 7.84. The van der Waals surface area contributed by atoms with Gasteiger partial charge in [-0.25, -0.2) is 0 Å². The SMILES string of the molecule is C=NC(N)(N)C(=O)SC(=O)C(N)(N)N=C. The third-order valence-electron chi connectivity index (χ3n) is 1.36. The second-order valence-electron chi connectivity index (χ2n) is 2.64. The number of thioether (sulfide) groups is 1. The molecule has 84 valence electrons. The minimum absolute atomic E-state index is 0.117. The molecule has 0 aromatic carbocycles. The molecule has 9 heteroatoms. The van der Waals surface area contributed by atoms with Crippen molar-refractivity contribution in [2.75, 3.05) is 0 Å². The lowest BCUT2D eigenvalue weighted by molar-refractivity contribution is -0.117. The van der Waals surface area contributed by atoms with Crippen molar-refractivity contribution in [1.82, 2.24) is 0 Å². The van der Waals surface area contributed by atoms with Gasteiger partial charge in [-0.15, -0.1) is 0 Å². The van der Waals surface area contributed by atoms with Crippen LogP contribution in [0.4, 0.5) is 0 Å². The summed E-state index contributed by atoms with van der Waals surface area (Å²) in [6.45, 7) is 6.00. The van der Waals surface area contributed by atoms with Gasteiger partial charge in [0.05, 0.1) is 0 Å². The molecule has 8 N–H and O–H groups in total. The van der Waals surface area contributed by atoms with Gasteiger partial charge in [0.2, 0.25) is 11.6 Å². The summed E-state index contributed by atoms with van der Waals surface area (Å²) in [6.07, 6.45) is 0. The minimum atomic E-state index is -2.06. The molecule has 0 saturated heterocycles. The van der Waals surface area contributed by atoms with Crippen LogP contribution in [0.3, 0.4) is 0 Å². The van der Waals surface area contributed by atoms with Crippen molar-refractivity contribution in [3.8, 4) is 0 Å². The average Bonchev–Trinajstić information content (AvgIpc) is 2.17. The van der Waals surface area contributed by atoms with E-state index in [0.29, 0.717) is 0 Å². The minimum Gasteiger partial charge on any atom is -0.288 e. The zero-order chi connectivity index (χ0) is 12.3. The van der Waals surface area contributed by atoms with Gasteiger partial charge in [-0.05, 0) is 25.2 Å². The fourth-order valence-corrected chi connectivity index (χ4v) is 1.00.